The summed E-state index contributed by atoms with van der Waals surface area (Å²) in [5.41, 5.74) is 1.24. The van der Waals surface area contributed by atoms with Crippen LogP contribution in [0.2, 0.25) is 0 Å². The van der Waals surface area contributed by atoms with Crippen molar-refractivity contribution in [2.45, 2.75) is 19.4 Å². The van der Waals surface area contributed by atoms with E-state index in [-0.39, 0.29) is 5.92 Å². The molecule has 2 aromatic carbocycles. The number of benzene rings is 2. The molecule has 0 saturated heterocycles. The van der Waals surface area contributed by atoms with Crippen molar-refractivity contribution >= 4 is 16.8 Å². The summed E-state index contributed by atoms with van der Waals surface area (Å²) in [7, 11) is 1.65. The maximum atomic E-state index is 11.4. The third-order valence-electron chi connectivity index (χ3n) is 4.61. The predicted molar refractivity (Wildman–Crippen MR) is 97.0 cm³/mol. The summed E-state index contributed by atoms with van der Waals surface area (Å²) >= 11 is 0. The van der Waals surface area contributed by atoms with Crippen LogP contribution in [0.1, 0.15) is 30.7 Å². The lowest BCUT2D eigenvalue weighted by Crippen LogP contribution is -2.33. The van der Waals surface area contributed by atoms with Crippen LogP contribution in [0.3, 0.4) is 0 Å². The lowest BCUT2D eigenvalue weighted by atomic mass is 9.80. The molecule has 24 heavy (non-hydrogen) atoms. The Hall–Kier alpha value is -2.59. The van der Waals surface area contributed by atoms with Crippen LogP contribution in [0.5, 0.6) is 5.75 Å². The average Bonchev–Trinajstić information content (AvgIpc) is 3.14. The van der Waals surface area contributed by atoms with Gasteiger partial charge in [0.15, 0.2) is 0 Å². The molecular weight excluding hydrogens is 300 g/mol. The number of ether oxygens (including phenoxy) is 1. The molecule has 1 aromatic heterocycles. The molecule has 2 N–H and O–H groups in total. The smallest absolute Gasteiger partial charge is 0.135 e. The highest BCUT2D eigenvalue weighted by Gasteiger charge is 2.37. The fraction of sp³-hybridized carbons (Fsp3) is 0.250. The van der Waals surface area contributed by atoms with Crippen molar-refractivity contribution in [3.63, 3.8) is 0 Å². The van der Waals surface area contributed by atoms with Crippen LogP contribution in [-0.4, -0.2) is 22.2 Å². The van der Waals surface area contributed by atoms with Crippen molar-refractivity contribution in [2.24, 2.45) is 5.92 Å². The molecule has 0 fully saturated rings. The molecule has 3 aromatic rings. The summed E-state index contributed by atoms with van der Waals surface area (Å²) in [6.07, 6.45) is 5.13. The highest BCUT2D eigenvalue weighted by atomic mass is 16.5. The summed E-state index contributed by atoms with van der Waals surface area (Å²) in [5.74, 6) is 0.757. The van der Waals surface area contributed by atoms with Gasteiger partial charge in [-0.1, -0.05) is 44.7 Å². The highest BCUT2D eigenvalue weighted by Crippen LogP contribution is 2.38. The van der Waals surface area contributed by atoms with E-state index in [1.54, 1.807) is 25.7 Å². The Morgan fingerprint density at radius 1 is 1.29 bits per heavy atom. The van der Waals surface area contributed by atoms with Crippen molar-refractivity contribution in [2.75, 3.05) is 7.11 Å². The van der Waals surface area contributed by atoms with Gasteiger partial charge in [0.25, 0.3) is 0 Å². The molecule has 1 heterocycles. The summed E-state index contributed by atoms with van der Waals surface area (Å²) in [5, 5.41) is 13.4. The van der Waals surface area contributed by atoms with Crippen molar-refractivity contribution in [3.8, 4) is 5.75 Å². The van der Waals surface area contributed by atoms with Crippen LogP contribution >= 0.6 is 0 Å². The zero-order valence-corrected chi connectivity index (χ0v) is 14.2. The maximum Gasteiger partial charge on any atom is 0.135 e. The Morgan fingerprint density at radius 2 is 2.08 bits per heavy atom. The molecule has 0 saturated carbocycles. The fourth-order valence-electron chi connectivity index (χ4n) is 3.21. The second-order valence-electron chi connectivity index (χ2n) is 6.20. The van der Waals surface area contributed by atoms with Gasteiger partial charge in [0.1, 0.15) is 11.4 Å². The third-order valence-corrected chi connectivity index (χ3v) is 4.61. The van der Waals surface area contributed by atoms with Gasteiger partial charge >= 0.3 is 0 Å². The second kappa shape index (κ2) is 6.13. The van der Waals surface area contributed by atoms with E-state index in [4.69, 9.17) is 4.74 Å². The number of imidazole rings is 1. The van der Waals surface area contributed by atoms with Crippen LogP contribution in [0.4, 0.5) is 0 Å². The van der Waals surface area contributed by atoms with Crippen molar-refractivity contribution in [3.05, 3.63) is 66.3 Å². The normalized spacial score (nSPS) is 13.9. The number of hydrogen-bond donors (Lipinski definition) is 2. The molecule has 0 aliphatic rings. The molecule has 0 aliphatic carbocycles. The van der Waals surface area contributed by atoms with E-state index in [0.29, 0.717) is 5.69 Å². The summed E-state index contributed by atoms with van der Waals surface area (Å²) < 4.78 is 5.40. The van der Waals surface area contributed by atoms with Gasteiger partial charge in [0, 0.05) is 11.8 Å². The predicted octanol–water partition coefficient (Wildman–Crippen LogP) is 4.11. The molecule has 4 heteroatoms. The number of fused-ring (bicyclic) bond motifs is 1. The van der Waals surface area contributed by atoms with Crippen LogP contribution in [0, 0.1) is 5.92 Å². The zero-order chi connectivity index (χ0) is 17.3. The van der Waals surface area contributed by atoms with E-state index in [1.807, 2.05) is 44.2 Å². The number of aliphatic hydroxyl groups is 1. The van der Waals surface area contributed by atoms with Crippen LogP contribution in [0.25, 0.3) is 16.8 Å². The molecule has 0 bridgehead atoms. The van der Waals surface area contributed by atoms with E-state index >= 15 is 0 Å². The van der Waals surface area contributed by atoms with Gasteiger partial charge in [-0.15, -0.1) is 0 Å². The van der Waals surface area contributed by atoms with Gasteiger partial charge in [-0.3, -0.25) is 0 Å². The van der Waals surface area contributed by atoms with Crippen LogP contribution in [-0.2, 0) is 5.60 Å². The SMILES string of the molecule is C=Cc1c(OC)ccc2cc(C(O)(c3c[nH]cn3)C(C)C)ccc12. The molecule has 3 rings (SSSR count). The largest absolute Gasteiger partial charge is 0.496 e. The van der Waals surface area contributed by atoms with E-state index in [1.165, 1.54) is 0 Å². The minimum absolute atomic E-state index is 0.0321. The maximum absolute atomic E-state index is 11.4. The van der Waals surface area contributed by atoms with Gasteiger partial charge in [-0.05, 0) is 34.4 Å². The van der Waals surface area contributed by atoms with Crippen molar-refractivity contribution in [1.29, 1.82) is 0 Å². The molecule has 124 valence electrons. The summed E-state index contributed by atoms with van der Waals surface area (Å²) in [4.78, 5) is 7.22. The molecule has 4 nitrogen and oxygen atoms in total. The lowest BCUT2D eigenvalue weighted by molar-refractivity contribution is 0.0281. The number of nitrogens with one attached hydrogen (secondary N) is 1. The Kier molecular flexibility index (Phi) is 4.16. The minimum Gasteiger partial charge on any atom is -0.496 e. The number of hydrogen-bond acceptors (Lipinski definition) is 3. The number of aromatic nitrogens is 2. The number of rotatable bonds is 5. The quantitative estimate of drug-likeness (QED) is 0.743. The number of H-pyrrole nitrogens is 1. The third kappa shape index (κ3) is 2.39. The highest BCUT2D eigenvalue weighted by molar-refractivity contribution is 5.93. The number of aromatic amines is 1. The topological polar surface area (TPSA) is 58.1 Å². The zero-order valence-electron chi connectivity index (χ0n) is 14.2. The van der Waals surface area contributed by atoms with Crippen molar-refractivity contribution < 1.29 is 9.84 Å². The number of nitrogens with zero attached hydrogens (tertiary/aromatic N) is 1. The molecule has 0 spiro atoms. The first-order valence-electron chi connectivity index (χ1n) is 7.97. The van der Waals surface area contributed by atoms with Gasteiger partial charge in [-0.2, -0.15) is 0 Å². The number of methoxy groups -OCH3 is 1. The van der Waals surface area contributed by atoms with Crippen molar-refractivity contribution in [1.82, 2.24) is 9.97 Å². The average molecular weight is 322 g/mol. The minimum atomic E-state index is -1.15. The van der Waals surface area contributed by atoms with E-state index in [9.17, 15) is 5.11 Å². The molecule has 1 atom stereocenters. The molecule has 0 radical (unpaired) electrons. The summed E-state index contributed by atoms with van der Waals surface area (Å²) in [6, 6.07) is 9.88. The van der Waals surface area contributed by atoms with E-state index in [2.05, 4.69) is 16.5 Å². The standard InChI is InChI=1S/C20H22N2O2/c1-5-16-17-8-7-15(10-14(17)6-9-18(16)24-4)20(23,13(2)3)19-11-21-12-22-19/h5-13,23H,1H2,2-4H3,(H,21,22). The van der Waals surface area contributed by atoms with Crippen LogP contribution in [0.15, 0.2) is 49.4 Å². The summed E-state index contributed by atoms with van der Waals surface area (Å²) in [6.45, 7) is 7.86. The molecular formula is C20H22N2O2. The Labute approximate surface area is 141 Å². The fourth-order valence-corrected chi connectivity index (χ4v) is 3.21. The molecule has 0 amide bonds. The Morgan fingerprint density at radius 3 is 2.67 bits per heavy atom. The van der Waals surface area contributed by atoms with Gasteiger partial charge in [0.05, 0.1) is 19.1 Å². The van der Waals surface area contributed by atoms with Gasteiger partial charge in [-0.25, -0.2) is 4.98 Å². The monoisotopic (exact) mass is 322 g/mol. The Bertz CT molecular complexity index is 869. The van der Waals surface area contributed by atoms with Gasteiger partial charge < -0.3 is 14.8 Å². The van der Waals surface area contributed by atoms with Gasteiger partial charge in [0.2, 0.25) is 0 Å². The Balaban J connectivity index is 2.22. The first kappa shape index (κ1) is 16.3. The first-order valence-corrected chi connectivity index (χ1v) is 7.97. The lowest BCUT2D eigenvalue weighted by Gasteiger charge is -2.31. The second-order valence-corrected chi connectivity index (χ2v) is 6.20. The molecule has 1 unspecified atom stereocenters. The first-order chi connectivity index (χ1) is 11.5. The van der Waals surface area contributed by atoms with Crippen LogP contribution < -0.4 is 4.74 Å². The molecule has 0 aliphatic heterocycles. The van der Waals surface area contributed by atoms with E-state index in [0.717, 1.165) is 27.6 Å². The van der Waals surface area contributed by atoms with E-state index < -0.39 is 5.60 Å².